The number of carbonyl (C=O) groups excluding carboxylic acids is 1. The molecule has 0 amide bonds. The van der Waals surface area contributed by atoms with Crippen molar-refractivity contribution in [3.63, 3.8) is 0 Å². The third-order valence-electron chi connectivity index (χ3n) is 1.35. The Morgan fingerprint density at radius 1 is 1.62 bits per heavy atom. The highest BCUT2D eigenvalue weighted by Crippen LogP contribution is 1.95. The summed E-state index contributed by atoms with van der Waals surface area (Å²) in [7, 11) is 0. The van der Waals surface area contributed by atoms with Crippen LogP contribution in [0.2, 0.25) is 0 Å². The van der Waals surface area contributed by atoms with Crippen LogP contribution < -0.4 is 5.69 Å². The summed E-state index contributed by atoms with van der Waals surface area (Å²) in [6.45, 7) is 3.55. The smallest absolute Gasteiger partial charge is 0.323 e. The van der Waals surface area contributed by atoms with Crippen LogP contribution in [0.15, 0.2) is 11.0 Å². The second kappa shape index (κ2) is 3.93. The lowest BCUT2D eigenvalue weighted by Gasteiger charge is -2.05. The summed E-state index contributed by atoms with van der Waals surface area (Å²) in [6, 6.07) is 0. The van der Waals surface area contributed by atoms with Gasteiger partial charge in [0.1, 0.15) is 0 Å². The van der Waals surface area contributed by atoms with Crippen molar-refractivity contribution in [2.75, 3.05) is 0 Å². The van der Waals surface area contributed by atoms with E-state index in [2.05, 4.69) is 9.97 Å². The lowest BCUT2D eigenvalue weighted by molar-refractivity contribution is -0.146. The van der Waals surface area contributed by atoms with Crippen LogP contribution in [0.25, 0.3) is 0 Å². The molecule has 0 aromatic carbocycles. The molecule has 0 fully saturated rings. The van der Waals surface area contributed by atoms with Gasteiger partial charge in [-0.05, 0) is 13.8 Å². The van der Waals surface area contributed by atoms with Gasteiger partial charge in [-0.25, -0.2) is 4.79 Å². The van der Waals surface area contributed by atoms with Gasteiger partial charge >= 0.3 is 11.7 Å². The fourth-order valence-electron chi connectivity index (χ4n) is 0.926. The number of imidazole rings is 1. The minimum absolute atomic E-state index is 0.0942. The second-order valence-corrected chi connectivity index (χ2v) is 2.98. The summed E-state index contributed by atoms with van der Waals surface area (Å²) in [6.07, 6.45) is 1.43. The zero-order valence-electron chi connectivity index (χ0n) is 7.59. The van der Waals surface area contributed by atoms with Crippen molar-refractivity contribution in [1.82, 2.24) is 9.97 Å². The highest BCUT2D eigenvalue weighted by molar-refractivity contribution is 5.71. The van der Waals surface area contributed by atoms with E-state index in [9.17, 15) is 9.59 Å². The summed E-state index contributed by atoms with van der Waals surface area (Å²) in [5, 5.41) is 0. The van der Waals surface area contributed by atoms with Gasteiger partial charge in [0.15, 0.2) is 0 Å². The highest BCUT2D eigenvalue weighted by atomic mass is 16.5. The monoisotopic (exact) mass is 184 g/mol. The Kier molecular flexibility index (Phi) is 2.89. The minimum Gasteiger partial charge on any atom is -0.463 e. The van der Waals surface area contributed by atoms with Crippen molar-refractivity contribution in [2.45, 2.75) is 26.4 Å². The number of nitrogens with one attached hydrogen (secondary N) is 2. The minimum atomic E-state index is -0.342. The Morgan fingerprint density at radius 2 is 2.31 bits per heavy atom. The van der Waals surface area contributed by atoms with Crippen LogP contribution in [0, 0.1) is 0 Å². The first-order valence-corrected chi connectivity index (χ1v) is 4.04. The molecule has 1 aromatic heterocycles. The zero-order valence-corrected chi connectivity index (χ0v) is 7.59. The molecule has 2 N–H and O–H groups in total. The molecular formula is C8H12N2O3. The van der Waals surface area contributed by atoms with Crippen LogP contribution in [0.4, 0.5) is 0 Å². The van der Waals surface area contributed by atoms with Crippen molar-refractivity contribution in [3.05, 3.63) is 22.4 Å². The van der Waals surface area contributed by atoms with Crippen LogP contribution in [0.5, 0.6) is 0 Å². The number of hydrogen-bond donors (Lipinski definition) is 2. The average Bonchev–Trinajstić information content (AvgIpc) is 2.33. The van der Waals surface area contributed by atoms with E-state index in [1.807, 2.05) is 0 Å². The van der Waals surface area contributed by atoms with E-state index in [0.29, 0.717) is 5.69 Å². The van der Waals surface area contributed by atoms with Crippen molar-refractivity contribution in [1.29, 1.82) is 0 Å². The molecular weight excluding hydrogens is 172 g/mol. The quantitative estimate of drug-likeness (QED) is 0.659. The summed E-state index contributed by atoms with van der Waals surface area (Å²) < 4.78 is 4.89. The molecule has 1 rings (SSSR count). The lowest BCUT2D eigenvalue weighted by atomic mass is 10.3. The first-order valence-electron chi connectivity index (χ1n) is 4.04. The summed E-state index contributed by atoms with van der Waals surface area (Å²) >= 11 is 0. The first kappa shape index (κ1) is 9.57. The molecule has 0 aliphatic rings. The maximum absolute atomic E-state index is 11.1. The highest BCUT2D eigenvalue weighted by Gasteiger charge is 2.07. The molecule has 5 heteroatoms. The third-order valence-corrected chi connectivity index (χ3v) is 1.35. The van der Waals surface area contributed by atoms with Gasteiger partial charge < -0.3 is 14.7 Å². The standard InChI is InChI=1S/C8H12N2O3/c1-5(2)13-7(11)3-6-4-9-8(12)10-6/h4-5H,3H2,1-2H3,(H2,9,10,12). The Labute approximate surface area is 75.1 Å². The topological polar surface area (TPSA) is 75.0 Å². The number of esters is 1. The molecule has 0 saturated carbocycles. The van der Waals surface area contributed by atoms with Crippen LogP contribution >= 0.6 is 0 Å². The number of rotatable bonds is 3. The largest absolute Gasteiger partial charge is 0.463 e. The summed E-state index contributed by atoms with van der Waals surface area (Å²) in [5.74, 6) is -0.342. The van der Waals surface area contributed by atoms with Gasteiger partial charge in [-0.1, -0.05) is 0 Å². The molecule has 0 atom stereocenters. The molecule has 0 unspecified atom stereocenters. The van der Waals surface area contributed by atoms with Gasteiger partial charge in [-0.15, -0.1) is 0 Å². The number of aromatic amines is 2. The van der Waals surface area contributed by atoms with E-state index in [-0.39, 0.29) is 24.2 Å². The molecule has 0 spiro atoms. The van der Waals surface area contributed by atoms with Gasteiger partial charge in [-0.2, -0.15) is 0 Å². The number of aromatic nitrogens is 2. The zero-order chi connectivity index (χ0) is 9.84. The molecule has 0 aliphatic heterocycles. The van der Waals surface area contributed by atoms with E-state index in [4.69, 9.17) is 4.74 Å². The van der Waals surface area contributed by atoms with Gasteiger partial charge in [0, 0.05) is 11.9 Å². The van der Waals surface area contributed by atoms with Crippen LogP contribution in [-0.2, 0) is 16.0 Å². The molecule has 72 valence electrons. The van der Waals surface area contributed by atoms with E-state index in [0.717, 1.165) is 0 Å². The van der Waals surface area contributed by atoms with Gasteiger partial charge in [-0.3, -0.25) is 4.79 Å². The summed E-state index contributed by atoms with van der Waals surface area (Å²) in [5.41, 5.74) is 0.225. The van der Waals surface area contributed by atoms with Crippen molar-refractivity contribution in [2.24, 2.45) is 0 Å². The predicted octanol–water partition coefficient (Wildman–Crippen LogP) is 0.197. The van der Waals surface area contributed by atoms with Crippen molar-refractivity contribution < 1.29 is 9.53 Å². The van der Waals surface area contributed by atoms with E-state index in [1.54, 1.807) is 13.8 Å². The fraction of sp³-hybridized carbons (Fsp3) is 0.500. The maximum atomic E-state index is 11.1. The van der Waals surface area contributed by atoms with Crippen LogP contribution in [-0.4, -0.2) is 22.0 Å². The average molecular weight is 184 g/mol. The molecule has 0 aliphatic carbocycles. The molecule has 0 radical (unpaired) electrons. The molecule has 5 nitrogen and oxygen atoms in total. The van der Waals surface area contributed by atoms with Gasteiger partial charge in [0.2, 0.25) is 0 Å². The van der Waals surface area contributed by atoms with Crippen molar-refractivity contribution >= 4 is 5.97 Å². The Hall–Kier alpha value is -1.52. The SMILES string of the molecule is CC(C)OC(=O)Cc1c[nH]c(=O)[nH]1. The van der Waals surface area contributed by atoms with Gasteiger partial charge in [0.05, 0.1) is 12.5 Å². The molecule has 0 bridgehead atoms. The lowest BCUT2D eigenvalue weighted by Crippen LogP contribution is -2.14. The fourth-order valence-corrected chi connectivity index (χ4v) is 0.926. The number of hydrogen-bond acceptors (Lipinski definition) is 3. The Morgan fingerprint density at radius 3 is 2.77 bits per heavy atom. The van der Waals surface area contributed by atoms with E-state index < -0.39 is 0 Å². The Balaban J connectivity index is 2.50. The Bertz CT molecular complexity index is 337. The second-order valence-electron chi connectivity index (χ2n) is 2.98. The normalized spacial score (nSPS) is 10.4. The molecule has 1 aromatic rings. The number of ether oxygens (including phenoxy) is 1. The number of H-pyrrole nitrogens is 2. The summed E-state index contributed by atoms with van der Waals surface area (Å²) in [4.78, 5) is 26.6. The van der Waals surface area contributed by atoms with E-state index in [1.165, 1.54) is 6.20 Å². The maximum Gasteiger partial charge on any atom is 0.323 e. The van der Waals surface area contributed by atoms with E-state index >= 15 is 0 Å². The first-order chi connectivity index (χ1) is 6.08. The van der Waals surface area contributed by atoms with Crippen LogP contribution in [0.3, 0.4) is 0 Å². The number of carbonyl (C=O) groups is 1. The van der Waals surface area contributed by atoms with Gasteiger partial charge in [0.25, 0.3) is 0 Å². The predicted molar refractivity (Wildman–Crippen MR) is 46.3 cm³/mol. The molecule has 13 heavy (non-hydrogen) atoms. The molecule has 0 saturated heterocycles. The van der Waals surface area contributed by atoms with Crippen molar-refractivity contribution in [3.8, 4) is 0 Å². The third kappa shape index (κ3) is 3.14. The van der Waals surface area contributed by atoms with Crippen LogP contribution in [0.1, 0.15) is 19.5 Å². The molecule has 1 heterocycles.